The first-order valence-electron chi connectivity index (χ1n) is 11.2. The van der Waals surface area contributed by atoms with Crippen molar-refractivity contribution in [3.05, 3.63) is 65.2 Å². The van der Waals surface area contributed by atoms with Crippen LogP contribution in [0.1, 0.15) is 66.9 Å². The van der Waals surface area contributed by atoms with Gasteiger partial charge in [-0.2, -0.15) is 13.2 Å². The van der Waals surface area contributed by atoms with Crippen LogP contribution in [0.25, 0.3) is 0 Å². The molecular formula is C25H28F3NO3S. The summed E-state index contributed by atoms with van der Waals surface area (Å²) in [6.45, 7) is 3.98. The molecule has 1 amide bonds. The van der Waals surface area contributed by atoms with E-state index in [0.29, 0.717) is 43.5 Å². The van der Waals surface area contributed by atoms with Crippen LogP contribution in [0.2, 0.25) is 0 Å². The average molecular weight is 480 g/mol. The lowest BCUT2D eigenvalue weighted by Gasteiger charge is -2.40. The van der Waals surface area contributed by atoms with Crippen molar-refractivity contribution >= 4 is 15.7 Å². The second-order valence-corrected chi connectivity index (χ2v) is 12.1. The number of likely N-dealkylation sites (tertiary alicyclic amines) is 1. The maximum absolute atomic E-state index is 13.3. The summed E-state index contributed by atoms with van der Waals surface area (Å²) in [5.41, 5.74) is 0.853. The molecule has 0 radical (unpaired) electrons. The van der Waals surface area contributed by atoms with Gasteiger partial charge in [-0.3, -0.25) is 4.79 Å². The molecule has 2 fully saturated rings. The Balaban J connectivity index is 1.47. The quantitative estimate of drug-likeness (QED) is 0.554. The van der Waals surface area contributed by atoms with Crippen LogP contribution >= 0.6 is 0 Å². The number of hydrogen-bond acceptors (Lipinski definition) is 3. The van der Waals surface area contributed by atoms with Gasteiger partial charge in [-0.05, 0) is 87.3 Å². The molecule has 1 saturated heterocycles. The minimum Gasteiger partial charge on any atom is -0.339 e. The number of alkyl halides is 3. The van der Waals surface area contributed by atoms with Crippen molar-refractivity contribution in [2.75, 3.05) is 13.1 Å². The summed E-state index contributed by atoms with van der Waals surface area (Å²) < 4.78 is 64.7. The van der Waals surface area contributed by atoms with E-state index in [0.717, 1.165) is 25.0 Å². The van der Waals surface area contributed by atoms with Crippen LogP contribution < -0.4 is 0 Å². The summed E-state index contributed by atoms with van der Waals surface area (Å²) >= 11 is 0. The zero-order chi connectivity index (χ0) is 24.0. The molecule has 4 rings (SSSR count). The molecule has 1 aliphatic carbocycles. The van der Waals surface area contributed by atoms with Gasteiger partial charge in [-0.25, -0.2) is 8.42 Å². The molecule has 33 heavy (non-hydrogen) atoms. The van der Waals surface area contributed by atoms with Gasteiger partial charge < -0.3 is 4.90 Å². The van der Waals surface area contributed by atoms with Gasteiger partial charge in [-0.1, -0.05) is 18.2 Å². The maximum atomic E-state index is 13.3. The molecule has 178 valence electrons. The predicted octanol–water partition coefficient (Wildman–Crippen LogP) is 5.69. The van der Waals surface area contributed by atoms with Crippen molar-refractivity contribution in [2.24, 2.45) is 5.92 Å². The second kappa shape index (κ2) is 8.46. The Bertz CT molecular complexity index is 1150. The summed E-state index contributed by atoms with van der Waals surface area (Å²) in [5, 5.41) is 0. The topological polar surface area (TPSA) is 54.5 Å². The van der Waals surface area contributed by atoms with Crippen molar-refractivity contribution in [3.63, 3.8) is 0 Å². The van der Waals surface area contributed by atoms with Crippen molar-refractivity contribution in [1.29, 1.82) is 0 Å². The lowest BCUT2D eigenvalue weighted by atomic mass is 9.85. The Labute approximate surface area is 192 Å². The highest BCUT2D eigenvalue weighted by molar-refractivity contribution is 7.92. The van der Waals surface area contributed by atoms with Gasteiger partial charge in [0.15, 0.2) is 9.84 Å². The Morgan fingerprint density at radius 1 is 0.939 bits per heavy atom. The molecule has 0 bridgehead atoms. The molecule has 0 spiro atoms. The molecule has 0 N–H and O–H groups in total. The molecule has 1 heterocycles. The molecule has 2 aliphatic rings. The first-order valence-corrected chi connectivity index (χ1v) is 12.7. The highest BCUT2D eigenvalue weighted by Gasteiger charge is 2.45. The molecule has 2 aromatic rings. The number of sulfone groups is 1. The lowest BCUT2D eigenvalue weighted by molar-refractivity contribution is -0.137. The van der Waals surface area contributed by atoms with E-state index < -0.39 is 26.3 Å². The molecule has 2 aromatic carbocycles. The van der Waals surface area contributed by atoms with Crippen LogP contribution in [0, 0.1) is 5.92 Å². The number of halogens is 3. The molecule has 0 aromatic heterocycles. The zero-order valence-electron chi connectivity index (χ0n) is 18.7. The van der Waals surface area contributed by atoms with Gasteiger partial charge >= 0.3 is 6.18 Å². The van der Waals surface area contributed by atoms with Crippen LogP contribution in [0.3, 0.4) is 0 Å². The van der Waals surface area contributed by atoms with Crippen LogP contribution in [0.5, 0.6) is 0 Å². The van der Waals surface area contributed by atoms with Gasteiger partial charge in [0, 0.05) is 18.7 Å². The zero-order valence-corrected chi connectivity index (χ0v) is 19.5. The first kappa shape index (κ1) is 23.8. The third kappa shape index (κ3) is 4.67. The van der Waals surface area contributed by atoms with E-state index in [1.807, 2.05) is 24.3 Å². The number of benzene rings is 2. The van der Waals surface area contributed by atoms with E-state index in [1.54, 1.807) is 18.7 Å². The minimum atomic E-state index is -4.61. The second-order valence-electron chi connectivity index (χ2n) is 9.60. The maximum Gasteiger partial charge on any atom is 0.416 e. The fraction of sp³-hybridized carbons (Fsp3) is 0.480. The fourth-order valence-corrected chi connectivity index (χ4v) is 6.49. The standard InChI is InChI=1S/C25H28F3NO3S/c1-24(2,33(31,32)22-8-4-7-21(16-22)25(26,27)28)20-11-13-29(14-12-20)23(30)19-6-3-5-18(15-19)17-9-10-17/h3-8,15-17,20H,9-14H2,1-2H3. The van der Waals surface area contributed by atoms with E-state index in [4.69, 9.17) is 0 Å². The minimum absolute atomic E-state index is 0.0607. The van der Waals surface area contributed by atoms with E-state index in [-0.39, 0.29) is 16.7 Å². The van der Waals surface area contributed by atoms with E-state index in [2.05, 4.69) is 0 Å². The van der Waals surface area contributed by atoms with Gasteiger partial charge in [-0.15, -0.1) is 0 Å². The smallest absolute Gasteiger partial charge is 0.339 e. The predicted molar refractivity (Wildman–Crippen MR) is 120 cm³/mol. The highest BCUT2D eigenvalue weighted by atomic mass is 32.2. The third-order valence-corrected chi connectivity index (χ3v) is 9.71. The molecular weight excluding hydrogens is 451 g/mol. The molecule has 1 aliphatic heterocycles. The van der Waals surface area contributed by atoms with E-state index in [1.165, 1.54) is 11.6 Å². The Kier molecular flexibility index (Phi) is 6.10. The van der Waals surface area contributed by atoms with Gasteiger partial charge in [0.05, 0.1) is 15.2 Å². The number of carbonyl (C=O) groups excluding carboxylic acids is 1. The van der Waals surface area contributed by atoms with Crippen molar-refractivity contribution < 1.29 is 26.4 Å². The van der Waals surface area contributed by atoms with Crippen molar-refractivity contribution in [1.82, 2.24) is 4.90 Å². The summed E-state index contributed by atoms with van der Waals surface area (Å²) in [4.78, 5) is 14.4. The Morgan fingerprint density at radius 2 is 1.58 bits per heavy atom. The summed E-state index contributed by atoms with van der Waals surface area (Å²) in [6.07, 6.45) is -1.37. The first-order chi connectivity index (χ1) is 15.4. The molecule has 0 atom stereocenters. The largest absolute Gasteiger partial charge is 0.416 e. The average Bonchev–Trinajstić information content (AvgIpc) is 3.64. The van der Waals surface area contributed by atoms with Crippen LogP contribution in [0.4, 0.5) is 13.2 Å². The van der Waals surface area contributed by atoms with E-state index in [9.17, 15) is 26.4 Å². The molecule has 8 heteroatoms. The normalized spacial score (nSPS) is 18.4. The van der Waals surface area contributed by atoms with Crippen molar-refractivity contribution in [3.8, 4) is 0 Å². The van der Waals surface area contributed by atoms with Crippen LogP contribution in [-0.2, 0) is 16.0 Å². The SMILES string of the molecule is CC(C)(C1CCN(C(=O)c2cccc(C3CC3)c2)CC1)S(=O)(=O)c1cccc(C(F)(F)F)c1. The highest BCUT2D eigenvalue weighted by Crippen LogP contribution is 2.41. The molecule has 0 unspecified atom stereocenters. The van der Waals surface area contributed by atoms with Gasteiger partial charge in [0.25, 0.3) is 5.91 Å². The van der Waals surface area contributed by atoms with Crippen LogP contribution in [-0.4, -0.2) is 37.1 Å². The number of rotatable bonds is 5. The van der Waals surface area contributed by atoms with Gasteiger partial charge in [0.1, 0.15) is 0 Å². The summed E-state index contributed by atoms with van der Waals surface area (Å²) in [6, 6.07) is 11.6. The van der Waals surface area contributed by atoms with Gasteiger partial charge in [0.2, 0.25) is 0 Å². The monoisotopic (exact) mass is 479 g/mol. The number of amides is 1. The Hall–Kier alpha value is -2.35. The molecule has 4 nitrogen and oxygen atoms in total. The number of hydrogen-bond donors (Lipinski definition) is 0. The summed E-state index contributed by atoms with van der Waals surface area (Å²) in [7, 11) is -4.02. The number of carbonyl (C=O) groups is 1. The fourth-order valence-electron chi connectivity index (χ4n) is 4.67. The van der Waals surface area contributed by atoms with E-state index >= 15 is 0 Å². The number of nitrogens with zero attached hydrogens (tertiary/aromatic N) is 1. The third-order valence-electron chi connectivity index (χ3n) is 7.11. The Morgan fingerprint density at radius 3 is 2.18 bits per heavy atom. The lowest BCUT2D eigenvalue weighted by Crippen LogP contribution is -2.47. The summed E-state index contributed by atoms with van der Waals surface area (Å²) in [5.74, 6) is 0.207. The molecule has 1 saturated carbocycles. The number of piperidine rings is 1. The van der Waals surface area contributed by atoms with Crippen molar-refractivity contribution in [2.45, 2.75) is 61.3 Å². The van der Waals surface area contributed by atoms with Crippen LogP contribution in [0.15, 0.2) is 53.4 Å².